The molecule has 12 heteroatoms. The van der Waals surface area contributed by atoms with Gasteiger partial charge in [0.25, 0.3) is 5.91 Å². The van der Waals surface area contributed by atoms with E-state index in [1.54, 1.807) is 37.8 Å². The van der Waals surface area contributed by atoms with Crippen LogP contribution in [0, 0.1) is 6.92 Å². The van der Waals surface area contributed by atoms with Crippen LogP contribution in [0.1, 0.15) is 17.7 Å². The largest absolute Gasteiger partial charge is 0.373 e. The smallest absolute Gasteiger partial charge is 0.262 e. The molecule has 5 aromatic rings. The average Bonchev–Trinajstić information content (AvgIpc) is 3.64. The van der Waals surface area contributed by atoms with E-state index in [0.717, 1.165) is 11.3 Å². The highest BCUT2D eigenvalue weighted by molar-refractivity contribution is 5.87. The summed E-state index contributed by atoms with van der Waals surface area (Å²) in [6, 6.07) is 10.7. The number of fused-ring (bicyclic) bond motifs is 1. The zero-order valence-electron chi connectivity index (χ0n) is 19.5. The van der Waals surface area contributed by atoms with Crippen LogP contribution in [0.15, 0.2) is 59.6 Å². The first-order valence-corrected chi connectivity index (χ1v) is 11.2. The molecule has 0 bridgehead atoms. The fourth-order valence-electron chi connectivity index (χ4n) is 4.20. The monoisotopic (exact) mass is 483 g/mol. The fourth-order valence-corrected chi connectivity index (χ4v) is 4.20. The van der Waals surface area contributed by atoms with Gasteiger partial charge in [-0.3, -0.25) is 9.20 Å². The summed E-state index contributed by atoms with van der Waals surface area (Å²) in [6.45, 7) is 2.40. The maximum atomic E-state index is 12.4. The summed E-state index contributed by atoms with van der Waals surface area (Å²) in [7, 11) is 1.64. The molecule has 12 nitrogen and oxygen atoms in total. The Morgan fingerprint density at radius 2 is 1.92 bits per heavy atom. The number of likely N-dealkylation sites (tertiary alicyclic amines) is 1. The molecule has 0 aliphatic carbocycles. The van der Waals surface area contributed by atoms with Gasteiger partial charge in [0.15, 0.2) is 11.4 Å². The minimum absolute atomic E-state index is 0.102. The third-order valence-electron chi connectivity index (χ3n) is 6.27. The maximum absolute atomic E-state index is 12.4. The first-order valence-electron chi connectivity index (χ1n) is 11.2. The number of rotatable bonds is 5. The number of anilines is 2. The number of amides is 1. The molecule has 0 aromatic carbocycles. The van der Waals surface area contributed by atoms with Crippen molar-refractivity contribution in [2.75, 3.05) is 18.9 Å². The van der Waals surface area contributed by atoms with Crippen LogP contribution in [0.5, 0.6) is 0 Å². The second kappa shape index (κ2) is 8.20. The van der Waals surface area contributed by atoms with Crippen LogP contribution in [-0.2, 0) is 10.4 Å². The highest BCUT2D eigenvalue weighted by Crippen LogP contribution is 2.34. The van der Waals surface area contributed by atoms with Crippen LogP contribution in [0.2, 0.25) is 0 Å². The van der Waals surface area contributed by atoms with Gasteiger partial charge < -0.3 is 19.8 Å². The maximum Gasteiger partial charge on any atom is 0.262 e. The summed E-state index contributed by atoms with van der Waals surface area (Å²) in [5, 5.41) is 26.3. The molecule has 5 aromatic heterocycles. The van der Waals surface area contributed by atoms with E-state index in [-0.39, 0.29) is 12.2 Å². The Morgan fingerprint density at radius 1 is 1.11 bits per heavy atom. The first-order chi connectivity index (χ1) is 17.4. The Labute approximate surface area is 204 Å². The van der Waals surface area contributed by atoms with Crippen LogP contribution in [0.4, 0.5) is 11.6 Å². The van der Waals surface area contributed by atoms with Gasteiger partial charge >= 0.3 is 0 Å². The lowest BCUT2D eigenvalue weighted by molar-refractivity contribution is -0.144. The van der Waals surface area contributed by atoms with Crippen molar-refractivity contribution in [3.05, 3.63) is 66.4 Å². The molecule has 2 N–H and O–H groups in total. The molecule has 1 atom stereocenters. The number of aromatic nitrogens is 7. The van der Waals surface area contributed by atoms with Crippen molar-refractivity contribution in [3.8, 4) is 22.8 Å². The molecule has 180 valence electrons. The summed E-state index contributed by atoms with van der Waals surface area (Å²) in [5.74, 6) is 0.0734. The van der Waals surface area contributed by atoms with Gasteiger partial charge in [0.2, 0.25) is 11.5 Å². The van der Waals surface area contributed by atoms with Crippen LogP contribution in [-0.4, -0.2) is 64.2 Å². The molecule has 6 rings (SSSR count). The van der Waals surface area contributed by atoms with Gasteiger partial charge in [0.05, 0.1) is 22.8 Å². The molecule has 36 heavy (non-hydrogen) atoms. The van der Waals surface area contributed by atoms with Gasteiger partial charge in [-0.15, -0.1) is 10.2 Å². The summed E-state index contributed by atoms with van der Waals surface area (Å²) in [6.07, 6.45) is 5.40. The van der Waals surface area contributed by atoms with Gasteiger partial charge in [0.1, 0.15) is 12.0 Å². The van der Waals surface area contributed by atoms with Gasteiger partial charge in [-0.05, 0) is 36.8 Å². The van der Waals surface area contributed by atoms with E-state index >= 15 is 0 Å². The van der Waals surface area contributed by atoms with Crippen molar-refractivity contribution in [3.63, 3.8) is 0 Å². The number of hydrogen-bond acceptors (Lipinski definition) is 10. The van der Waals surface area contributed by atoms with Crippen molar-refractivity contribution in [1.82, 2.24) is 39.6 Å². The summed E-state index contributed by atoms with van der Waals surface area (Å²) >= 11 is 0. The Bertz CT molecular complexity index is 1610. The number of hydrogen-bond donors (Lipinski definition) is 2. The van der Waals surface area contributed by atoms with Crippen molar-refractivity contribution >= 4 is 23.2 Å². The molecule has 1 amide bonds. The van der Waals surface area contributed by atoms with E-state index in [4.69, 9.17) is 4.52 Å². The number of nitrogens with zero attached hydrogens (tertiary/aromatic N) is 8. The van der Waals surface area contributed by atoms with Crippen LogP contribution >= 0.6 is 0 Å². The van der Waals surface area contributed by atoms with E-state index < -0.39 is 11.5 Å². The minimum Gasteiger partial charge on any atom is -0.373 e. The lowest BCUT2D eigenvalue weighted by Gasteiger charge is -2.16. The molecule has 0 radical (unpaired) electrons. The van der Waals surface area contributed by atoms with Gasteiger partial charge in [-0.1, -0.05) is 11.2 Å². The number of likely N-dealkylation sites (N-methyl/N-ethyl adjacent to an activating group) is 1. The van der Waals surface area contributed by atoms with Crippen molar-refractivity contribution in [2.24, 2.45) is 0 Å². The Kier molecular flexibility index (Phi) is 4.97. The van der Waals surface area contributed by atoms with E-state index in [9.17, 15) is 9.90 Å². The van der Waals surface area contributed by atoms with Gasteiger partial charge in [-0.25, -0.2) is 15.0 Å². The number of carbonyl (C=O) groups excluding carboxylic acids is 1. The predicted molar refractivity (Wildman–Crippen MR) is 128 cm³/mol. The number of aryl methyl sites for hydroxylation is 1. The Morgan fingerprint density at radius 3 is 2.72 bits per heavy atom. The molecule has 6 heterocycles. The molecule has 0 spiro atoms. The molecule has 0 saturated carbocycles. The average molecular weight is 483 g/mol. The number of aliphatic hydroxyl groups is 1. The fraction of sp³-hybridized carbons (Fsp3) is 0.208. The highest BCUT2D eigenvalue weighted by Gasteiger charge is 2.48. The quantitative estimate of drug-likeness (QED) is 0.382. The predicted octanol–water partition coefficient (Wildman–Crippen LogP) is 2.34. The van der Waals surface area contributed by atoms with Crippen LogP contribution in [0.3, 0.4) is 0 Å². The topological polar surface area (TPSA) is 147 Å². The SMILES string of the molecule is Cc1ccn2cnnc2c1Nc1nccc(-c2cccc(-c3cc([C@]4(O)CCN(C)C4=O)on3)n2)n1. The molecule has 1 fully saturated rings. The van der Waals surface area contributed by atoms with E-state index in [2.05, 4.69) is 35.6 Å². The molecular weight excluding hydrogens is 462 g/mol. The molecule has 0 unspecified atom stereocenters. The summed E-state index contributed by atoms with van der Waals surface area (Å²) < 4.78 is 7.17. The molecule has 1 aliphatic rings. The molecular formula is C24H21N9O3. The summed E-state index contributed by atoms with van der Waals surface area (Å²) in [5.41, 5.74) is 2.79. The highest BCUT2D eigenvalue weighted by atomic mass is 16.5. The normalized spacial score (nSPS) is 17.8. The van der Waals surface area contributed by atoms with E-state index in [1.165, 1.54) is 4.90 Å². The van der Waals surface area contributed by atoms with Gasteiger partial charge in [0, 0.05) is 38.5 Å². The molecule has 1 aliphatic heterocycles. The van der Waals surface area contributed by atoms with Crippen LogP contribution in [0.25, 0.3) is 28.4 Å². The Hall–Kier alpha value is -4.71. The lowest BCUT2D eigenvalue weighted by Crippen LogP contribution is -2.35. The standard InChI is InChI=1S/C24H21N9O3/c1-14-7-10-33-13-26-30-21(33)20(14)29-23-25-9-6-17(28-23)15-4-3-5-16(27-15)18-12-19(36-31-18)24(35)8-11-32(2)22(24)34/h3-7,9-10,12-13,35H,8,11H2,1-2H3,(H,25,28,29)/t24-/m1/s1. The van der Waals surface area contributed by atoms with Gasteiger partial charge in [-0.2, -0.15) is 0 Å². The number of nitrogens with one attached hydrogen (secondary N) is 1. The Balaban J connectivity index is 1.30. The third kappa shape index (κ3) is 3.55. The number of carbonyl (C=O) groups is 1. The minimum atomic E-state index is -1.71. The van der Waals surface area contributed by atoms with E-state index in [0.29, 0.717) is 40.9 Å². The van der Waals surface area contributed by atoms with E-state index in [1.807, 2.05) is 35.7 Å². The van der Waals surface area contributed by atoms with Crippen LogP contribution < -0.4 is 5.32 Å². The second-order valence-corrected chi connectivity index (χ2v) is 8.65. The first kappa shape index (κ1) is 21.8. The lowest BCUT2D eigenvalue weighted by atomic mass is 9.98. The second-order valence-electron chi connectivity index (χ2n) is 8.65. The summed E-state index contributed by atoms with van der Waals surface area (Å²) in [4.78, 5) is 27.5. The van der Waals surface area contributed by atoms with Crippen molar-refractivity contribution in [2.45, 2.75) is 18.9 Å². The number of pyridine rings is 2. The third-order valence-corrected chi connectivity index (χ3v) is 6.27. The molecule has 1 saturated heterocycles. The van der Waals surface area contributed by atoms with Crippen molar-refractivity contribution in [1.29, 1.82) is 0 Å². The van der Waals surface area contributed by atoms with Crippen molar-refractivity contribution < 1.29 is 14.4 Å². The zero-order valence-corrected chi connectivity index (χ0v) is 19.5. The zero-order chi connectivity index (χ0) is 24.9.